The molecule has 62 valence electrons. The average molecular weight is 159 g/mol. The van der Waals surface area contributed by atoms with E-state index < -0.39 is 5.91 Å². The fraction of sp³-hybridized carbons (Fsp3) is 0.667. The van der Waals surface area contributed by atoms with E-state index in [2.05, 4.69) is 9.73 Å². The molecule has 0 spiro atoms. The van der Waals surface area contributed by atoms with Crippen molar-refractivity contribution in [1.82, 2.24) is 0 Å². The molecule has 0 radical (unpaired) electrons. The van der Waals surface area contributed by atoms with Gasteiger partial charge in [0.05, 0.1) is 13.2 Å². The van der Waals surface area contributed by atoms with Gasteiger partial charge in [0, 0.05) is 7.11 Å². The molecule has 11 heavy (non-hydrogen) atoms. The van der Waals surface area contributed by atoms with E-state index in [-0.39, 0.29) is 6.61 Å². The predicted octanol–water partition coefficient (Wildman–Crippen LogP) is -0.488. The zero-order valence-electron chi connectivity index (χ0n) is 6.20. The molecule has 0 bridgehead atoms. The van der Waals surface area contributed by atoms with Crippen LogP contribution in [-0.4, -0.2) is 38.9 Å². The number of hydrogen-bond donors (Lipinski definition) is 0. The number of nitrogens with zero attached hydrogens (tertiary/aromatic N) is 1. The van der Waals surface area contributed by atoms with Gasteiger partial charge in [-0.25, -0.2) is 4.79 Å². The number of methoxy groups -OCH3 is 1. The Morgan fingerprint density at radius 1 is 1.55 bits per heavy atom. The van der Waals surface area contributed by atoms with Gasteiger partial charge in [0.1, 0.15) is 6.61 Å². The summed E-state index contributed by atoms with van der Waals surface area (Å²) in [5.74, 6) is -0.629. The SMILES string of the molecule is COCCOCC(=O)N=C=O. The van der Waals surface area contributed by atoms with Crippen molar-refractivity contribution in [3.05, 3.63) is 0 Å². The molecule has 0 N–H and O–H groups in total. The summed E-state index contributed by atoms with van der Waals surface area (Å²) in [6, 6.07) is 0. The third-order valence-electron chi connectivity index (χ3n) is 0.828. The first kappa shape index (κ1) is 9.97. The van der Waals surface area contributed by atoms with Gasteiger partial charge < -0.3 is 9.47 Å². The van der Waals surface area contributed by atoms with E-state index in [1.807, 2.05) is 0 Å². The third-order valence-corrected chi connectivity index (χ3v) is 0.828. The van der Waals surface area contributed by atoms with Crippen molar-refractivity contribution in [2.24, 2.45) is 4.99 Å². The van der Waals surface area contributed by atoms with Crippen molar-refractivity contribution in [3.63, 3.8) is 0 Å². The second-order valence-corrected chi connectivity index (χ2v) is 1.64. The van der Waals surface area contributed by atoms with Gasteiger partial charge in [0.15, 0.2) is 0 Å². The maximum absolute atomic E-state index is 10.4. The van der Waals surface area contributed by atoms with Crippen LogP contribution in [0.5, 0.6) is 0 Å². The summed E-state index contributed by atoms with van der Waals surface area (Å²) in [6.07, 6.45) is 1.12. The van der Waals surface area contributed by atoms with Crippen molar-refractivity contribution in [2.45, 2.75) is 0 Å². The van der Waals surface area contributed by atoms with Crippen molar-refractivity contribution in [3.8, 4) is 0 Å². The molecule has 1 amide bonds. The highest BCUT2D eigenvalue weighted by atomic mass is 16.5. The molecule has 5 heteroatoms. The Morgan fingerprint density at radius 3 is 2.82 bits per heavy atom. The van der Waals surface area contributed by atoms with E-state index in [0.717, 1.165) is 6.08 Å². The van der Waals surface area contributed by atoms with Crippen LogP contribution in [0.4, 0.5) is 0 Å². The maximum atomic E-state index is 10.4. The Labute approximate surface area is 64.0 Å². The number of carbonyl (C=O) groups is 1. The van der Waals surface area contributed by atoms with E-state index in [1.54, 1.807) is 0 Å². The quantitative estimate of drug-likeness (QED) is 0.308. The number of amides is 1. The lowest BCUT2D eigenvalue weighted by Crippen LogP contribution is -2.09. The highest BCUT2D eigenvalue weighted by Gasteiger charge is 1.96. The van der Waals surface area contributed by atoms with Crippen LogP contribution >= 0.6 is 0 Å². The van der Waals surface area contributed by atoms with Gasteiger partial charge in [-0.3, -0.25) is 4.79 Å². The minimum atomic E-state index is -0.629. The lowest BCUT2D eigenvalue weighted by Gasteiger charge is -1.97. The number of hydrogen-bond acceptors (Lipinski definition) is 4. The number of aliphatic imine (C=N–C) groups is 1. The van der Waals surface area contributed by atoms with Crippen LogP contribution in [0.3, 0.4) is 0 Å². The van der Waals surface area contributed by atoms with Gasteiger partial charge in [-0.2, -0.15) is 0 Å². The van der Waals surface area contributed by atoms with Crippen LogP contribution in [0, 0.1) is 0 Å². The number of isocyanates is 1. The fourth-order valence-corrected chi connectivity index (χ4v) is 0.385. The largest absolute Gasteiger partial charge is 0.382 e. The molecule has 0 saturated carbocycles. The summed E-state index contributed by atoms with van der Waals surface area (Å²) < 4.78 is 9.38. The van der Waals surface area contributed by atoms with E-state index in [0.29, 0.717) is 13.2 Å². The molecule has 0 aromatic carbocycles. The maximum Gasteiger partial charge on any atom is 0.282 e. The van der Waals surface area contributed by atoms with Crippen molar-refractivity contribution in [2.75, 3.05) is 26.9 Å². The van der Waals surface area contributed by atoms with Gasteiger partial charge in [0.2, 0.25) is 6.08 Å². The molecule has 0 aromatic rings. The summed E-state index contributed by atoms with van der Waals surface area (Å²) >= 11 is 0. The molecule has 0 saturated heterocycles. The number of carbonyl (C=O) groups excluding carboxylic acids is 2. The van der Waals surface area contributed by atoms with Gasteiger partial charge in [-0.05, 0) is 0 Å². The highest BCUT2D eigenvalue weighted by Crippen LogP contribution is 1.78. The first-order valence-electron chi connectivity index (χ1n) is 2.98. The molecule has 0 unspecified atom stereocenters. The molecule has 0 heterocycles. The van der Waals surface area contributed by atoms with Crippen LogP contribution in [0.25, 0.3) is 0 Å². The van der Waals surface area contributed by atoms with Gasteiger partial charge in [0.25, 0.3) is 5.91 Å². The summed E-state index contributed by atoms with van der Waals surface area (Å²) in [5, 5.41) is 0. The van der Waals surface area contributed by atoms with E-state index >= 15 is 0 Å². The molecule has 0 aliphatic heterocycles. The normalized spacial score (nSPS) is 8.82. The summed E-state index contributed by atoms with van der Waals surface area (Å²) in [7, 11) is 1.52. The molecule has 5 nitrogen and oxygen atoms in total. The first-order chi connectivity index (χ1) is 5.31. The Hall–Kier alpha value is -1.03. The first-order valence-corrected chi connectivity index (χ1v) is 2.98. The van der Waals surface area contributed by atoms with Crippen LogP contribution < -0.4 is 0 Å². The topological polar surface area (TPSA) is 65.0 Å². The van der Waals surface area contributed by atoms with E-state index in [9.17, 15) is 9.59 Å². The Bertz CT molecular complexity index is 162. The Kier molecular flexibility index (Phi) is 6.42. The van der Waals surface area contributed by atoms with E-state index in [1.165, 1.54) is 7.11 Å². The molecular weight excluding hydrogens is 150 g/mol. The third kappa shape index (κ3) is 6.86. The zero-order chi connectivity index (χ0) is 8.53. The Morgan fingerprint density at radius 2 is 2.27 bits per heavy atom. The monoisotopic (exact) mass is 159 g/mol. The smallest absolute Gasteiger partial charge is 0.282 e. The van der Waals surface area contributed by atoms with Gasteiger partial charge >= 0.3 is 0 Å². The lowest BCUT2D eigenvalue weighted by atomic mass is 10.6. The summed E-state index contributed by atoms with van der Waals surface area (Å²) in [4.78, 5) is 22.7. The van der Waals surface area contributed by atoms with Crippen LogP contribution in [-0.2, 0) is 19.1 Å². The summed E-state index contributed by atoms with van der Waals surface area (Å²) in [5.41, 5.74) is 0. The molecule has 0 aliphatic carbocycles. The van der Waals surface area contributed by atoms with E-state index in [4.69, 9.17) is 4.74 Å². The van der Waals surface area contributed by atoms with Gasteiger partial charge in [-0.1, -0.05) is 0 Å². The molecule has 0 rings (SSSR count). The lowest BCUT2D eigenvalue weighted by molar-refractivity contribution is -0.122. The van der Waals surface area contributed by atoms with Crippen LogP contribution in [0.1, 0.15) is 0 Å². The predicted molar refractivity (Wildman–Crippen MR) is 35.8 cm³/mol. The minimum Gasteiger partial charge on any atom is -0.382 e. The molecule has 0 aliphatic rings. The standard InChI is InChI=1S/C6H9NO4/c1-10-2-3-11-4-6(9)7-5-8/h2-4H2,1H3. The minimum absolute atomic E-state index is 0.196. The zero-order valence-corrected chi connectivity index (χ0v) is 6.20. The molecule has 0 fully saturated rings. The molecule has 0 atom stereocenters. The van der Waals surface area contributed by atoms with Crippen LogP contribution in [0.2, 0.25) is 0 Å². The van der Waals surface area contributed by atoms with Crippen LogP contribution in [0.15, 0.2) is 4.99 Å². The molecular formula is C6H9NO4. The van der Waals surface area contributed by atoms with Crippen molar-refractivity contribution >= 4 is 12.0 Å². The average Bonchev–Trinajstić information content (AvgIpc) is 1.99. The number of rotatable bonds is 5. The van der Waals surface area contributed by atoms with Crippen molar-refractivity contribution < 1.29 is 19.1 Å². The second kappa shape index (κ2) is 7.08. The fourth-order valence-electron chi connectivity index (χ4n) is 0.385. The highest BCUT2D eigenvalue weighted by molar-refractivity contribution is 5.82. The van der Waals surface area contributed by atoms with Gasteiger partial charge in [-0.15, -0.1) is 4.99 Å². The Balaban J connectivity index is 3.24. The number of ether oxygens (including phenoxy) is 2. The van der Waals surface area contributed by atoms with Crippen molar-refractivity contribution in [1.29, 1.82) is 0 Å². The molecule has 0 aromatic heterocycles. The summed E-state index contributed by atoms with van der Waals surface area (Å²) in [6.45, 7) is 0.535. The second-order valence-electron chi connectivity index (χ2n) is 1.64.